The molecule has 5 rings (SSSR count). The van der Waals surface area contributed by atoms with Crippen molar-refractivity contribution in [2.45, 2.75) is 20.3 Å². The summed E-state index contributed by atoms with van der Waals surface area (Å²) in [5, 5.41) is 7.83. The molecular weight excluding hydrogens is 424 g/mol. The van der Waals surface area contributed by atoms with Crippen molar-refractivity contribution in [1.82, 2.24) is 29.6 Å². The normalized spacial score (nSPS) is 20.1. The molecule has 164 valence electrons. The number of aromatic nitrogens is 5. The minimum absolute atomic E-state index is 0.390. The van der Waals surface area contributed by atoms with Gasteiger partial charge in [0.2, 0.25) is 5.95 Å². The van der Waals surface area contributed by atoms with Gasteiger partial charge in [-0.15, -0.1) is 0 Å². The molecule has 0 saturated heterocycles. The largest absolute Gasteiger partial charge is 0.351 e. The smallest absolute Gasteiger partial charge is 0.229 e. The van der Waals surface area contributed by atoms with E-state index in [0.717, 1.165) is 41.7 Å². The molecule has 8 nitrogen and oxygen atoms in total. The van der Waals surface area contributed by atoms with Gasteiger partial charge < -0.3 is 10.2 Å². The van der Waals surface area contributed by atoms with Gasteiger partial charge in [0.1, 0.15) is 17.3 Å². The van der Waals surface area contributed by atoms with Crippen molar-refractivity contribution in [1.29, 1.82) is 0 Å². The van der Waals surface area contributed by atoms with Crippen LogP contribution in [0.2, 0.25) is 5.02 Å². The Labute approximate surface area is 192 Å². The zero-order chi connectivity index (χ0) is 22.2. The van der Waals surface area contributed by atoms with Crippen molar-refractivity contribution >= 4 is 29.1 Å². The summed E-state index contributed by atoms with van der Waals surface area (Å²) in [5.74, 6) is 3.14. The number of aliphatic imine (C=N–C) groups is 1. The van der Waals surface area contributed by atoms with Gasteiger partial charge in [0.25, 0.3) is 0 Å². The minimum Gasteiger partial charge on any atom is -0.351 e. The Morgan fingerprint density at radius 3 is 2.88 bits per heavy atom. The first-order valence-electron chi connectivity index (χ1n) is 10.7. The Bertz CT molecular complexity index is 1210. The van der Waals surface area contributed by atoms with Crippen LogP contribution in [0.25, 0.3) is 0 Å². The fourth-order valence-electron chi connectivity index (χ4n) is 4.23. The summed E-state index contributed by atoms with van der Waals surface area (Å²) in [7, 11) is 1.86. The number of nitrogens with zero attached hydrogens (tertiary/aromatic N) is 7. The van der Waals surface area contributed by atoms with Crippen LogP contribution in [0, 0.1) is 18.8 Å². The summed E-state index contributed by atoms with van der Waals surface area (Å²) in [4.78, 5) is 20.8. The highest BCUT2D eigenvalue weighted by Crippen LogP contribution is 2.32. The molecule has 0 radical (unpaired) electrons. The van der Waals surface area contributed by atoms with Crippen LogP contribution in [0.3, 0.4) is 0 Å². The summed E-state index contributed by atoms with van der Waals surface area (Å²) in [6, 6.07) is 8.07. The Hall–Kier alpha value is -3.26. The van der Waals surface area contributed by atoms with Gasteiger partial charge in [-0.05, 0) is 43.4 Å². The van der Waals surface area contributed by atoms with Gasteiger partial charge in [0.15, 0.2) is 0 Å². The Balaban J connectivity index is 1.39. The zero-order valence-electron chi connectivity index (χ0n) is 18.3. The average molecular weight is 449 g/mol. The molecule has 2 atom stereocenters. The van der Waals surface area contributed by atoms with E-state index in [1.54, 1.807) is 17.1 Å². The van der Waals surface area contributed by atoms with Crippen molar-refractivity contribution in [3.8, 4) is 0 Å². The van der Waals surface area contributed by atoms with E-state index in [2.05, 4.69) is 55.4 Å². The first-order valence-corrected chi connectivity index (χ1v) is 11.1. The summed E-state index contributed by atoms with van der Waals surface area (Å²) in [6.07, 6.45) is 6.52. The number of anilines is 2. The third-order valence-electron chi connectivity index (χ3n) is 5.99. The van der Waals surface area contributed by atoms with Gasteiger partial charge in [0.05, 0.1) is 29.7 Å². The molecule has 0 fully saturated rings. The van der Waals surface area contributed by atoms with Gasteiger partial charge in [-0.2, -0.15) is 5.10 Å². The maximum atomic E-state index is 6.47. The van der Waals surface area contributed by atoms with E-state index in [4.69, 9.17) is 16.6 Å². The van der Waals surface area contributed by atoms with Crippen molar-refractivity contribution < 1.29 is 0 Å². The van der Waals surface area contributed by atoms with E-state index in [0.29, 0.717) is 35.0 Å². The van der Waals surface area contributed by atoms with Crippen LogP contribution in [0.1, 0.15) is 24.0 Å². The second-order valence-corrected chi connectivity index (χ2v) is 8.84. The van der Waals surface area contributed by atoms with E-state index in [1.807, 2.05) is 26.1 Å². The third kappa shape index (κ3) is 4.10. The molecule has 3 aromatic heterocycles. The number of allylic oxidation sites excluding steroid dienone is 1. The van der Waals surface area contributed by atoms with E-state index in [1.165, 1.54) is 0 Å². The highest BCUT2D eigenvalue weighted by Gasteiger charge is 2.32. The number of fused-ring (bicyclic) bond motifs is 1. The Kier molecular flexibility index (Phi) is 5.38. The molecular formula is C23H25ClN8. The van der Waals surface area contributed by atoms with Crippen LogP contribution in [0.4, 0.5) is 11.8 Å². The average Bonchev–Trinajstić information content (AvgIpc) is 3.35. The standard InChI is InChI=1S/C23H25ClN8/c1-14-12-32-13-19(28-21(32)10-16(14)9-17-6-4-5-15(2)27-17)22-18(24)11-25-23(30-22)29-20-7-8-26-31(20)3/h4-8,10-11,14,16H,9,12-13H2,1-3H3,(H,25,29,30)/t14-,16?/m1/s1. The molecule has 0 spiro atoms. The molecule has 0 aromatic carbocycles. The van der Waals surface area contributed by atoms with Crippen LogP contribution in [-0.4, -0.2) is 48.4 Å². The molecule has 32 heavy (non-hydrogen) atoms. The topological polar surface area (TPSA) is 84.1 Å². The van der Waals surface area contributed by atoms with Crippen LogP contribution in [0.15, 0.2) is 53.5 Å². The molecule has 2 aliphatic rings. The number of halogens is 1. The summed E-state index contributed by atoms with van der Waals surface area (Å²) in [5.41, 5.74) is 3.69. The lowest BCUT2D eigenvalue weighted by Gasteiger charge is -2.33. The van der Waals surface area contributed by atoms with Crippen LogP contribution >= 0.6 is 11.6 Å². The summed E-state index contributed by atoms with van der Waals surface area (Å²) >= 11 is 6.47. The lowest BCUT2D eigenvalue weighted by Crippen LogP contribution is -2.35. The number of rotatable bonds is 5. The number of hydrogen-bond donors (Lipinski definition) is 1. The van der Waals surface area contributed by atoms with E-state index in [9.17, 15) is 0 Å². The second-order valence-electron chi connectivity index (χ2n) is 8.43. The first-order chi connectivity index (χ1) is 15.5. The van der Waals surface area contributed by atoms with Crippen molar-refractivity contribution in [3.63, 3.8) is 0 Å². The highest BCUT2D eigenvalue weighted by atomic mass is 35.5. The molecule has 5 heterocycles. The molecule has 3 aromatic rings. The minimum atomic E-state index is 0.390. The molecule has 9 heteroatoms. The number of pyridine rings is 1. The number of hydrogen-bond acceptors (Lipinski definition) is 7. The highest BCUT2D eigenvalue weighted by molar-refractivity contribution is 6.34. The maximum Gasteiger partial charge on any atom is 0.229 e. The van der Waals surface area contributed by atoms with Crippen LogP contribution in [0.5, 0.6) is 0 Å². The van der Waals surface area contributed by atoms with Crippen molar-refractivity contribution in [2.75, 3.05) is 18.4 Å². The number of nitrogens with one attached hydrogen (secondary N) is 1. The first kappa shape index (κ1) is 20.6. The van der Waals surface area contributed by atoms with Gasteiger partial charge in [0, 0.05) is 31.0 Å². The van der Waals surface area contributed by atoms with Gasteiger partial charge >= 0.3 is 0 Å². The van der Waals surface area contributed by atoms with Crippen LogP contribution in [-0.2, 0) is 13.5 Å². The van der Waals surface area contributed by atoms with Crippen LogP contribution < -0.4 is 5.32 Å². The summed E-state index contributed by atoms with van der Waals surface area (Å²) < 4.78 is 1.72. The molecule has 1 unspecified atom stereocenters. The predicted molar refractivity (Wildman–Crippen MR) is 125 cm³/mol. The maximum absolute atomic E-state index is 6.47. The molecule has 0 amide bonds. The number of aryl methyl sites for hydroxylation is 2. The van der Waals surface area contributed by atoms with Crippen molar-refractivity contribution in [3.05, 3.63) is 70.7 Å². The lowest BCUT2D eigenvalue weighted by atomic mass is 9.86. The Morgan fingerprint density at radius 2 is 2.09 bits per heavy atom. The molecule has 2 aliphatic heterocycles. The SMILES string of the molecule is Cc1cccc(CC2C=C3N=C(c4nc(Nc5ccnn5C)ncc4Cl)CN3C[C@H]2C)n1. The Morgan fingerprint density at radius 1 is 1.22 bits per heavy atom. The zero-order valence-corrected chi connectivity index (χ0v) is 19.1. The lowest BCUT2D eigenvalue weighted by molar-refractivity contribution is 0.258. The van der Waals surface area contributed by atoms with E-state index in [-0.39, 0.29) is 0 Å². The predicted octanol–water partition coefficient (Wildman–Crippen LogP) is 3.77. The van der Waals surface area contributed by atoms with Crippen molar-refractivity contribution in [2.24, 2.45) is 23.9 Å². The molecule has 0 aliphatic carbocycles. The van der Waals surface area contributed by atoms with Gasteiger partial charge in [-0.3, -0.25) is 9.67 Å². The van der Waals surface area contributed by atoms with E-state index < -0.39 is 0 Å². The fraction of sp³-hybridized carbons (Fsp3) is 0.348. The molecule has 0 saturated carbocycles. The third-order valence-corrected chi connectivity index (χ3v) is 6.26. The summed E-state index contributed by atoms with van der Waals surface area (Å²) in [6.45, 7) is 5.95. The molecule has 1 N–H and O–H groups in total. The van der Waals surface area contributed by atoms with Gasteiger partial charge in [-0.1, -0.05) is 24.6 Å². The van der Waals surface area contributed by atoms with Gasteiger partial charge in [-0.25, -0.2) is 15.0 Å². The molecule has 0 bridgehead atoms. The van der Waals surface area contributed by atoms with E-state index >= 15 is 0 Å². The quantitative estimate of drug-likeness (QED) is 0.639. The second kappa shape index (κ2) is 8.35. The fourth-order valence-corrected chi connectivity index (χ4v) is 4.43. The monoisotopic (exact) mass is 448 g/mol.